The number of hydrogen-bond donors (Lipinski definition) is 0. The second-order valence-corrected chi connectivity index (χ2v) is 10.5. The highest BCUT2D eigenvalue weighted by Gasteiger charge is 2.46. The smallest absolute Gasteiger partial charge is 0.456 e. The third-order valence-electron chi connectivity index (χ3n) is 8.56. The maximum Gasteiger partial charge on any atom is 0.519 e. The first-order valence-corrected chi connectivity index (χ1v) is 13.2. The zero-order valence-corrected chi connectivity index (χ0v) is 20.7. The zero-order valence-electron chi connectivity index (χ0n) is 20.7. The third-order valence-corrected chi connectivity index (χ3v) is 8.56. The number of furan rings is 1. The van der Waals surface area contributed by atoms with Crippen LogP contribution in [0.15, 0.2) is 120 Å². The van der Waals surface area contributed by atoms with Crippen molar-refractivity contribution in [3.63, 3.8) is 0 Å². The van der Waals surface area contributed by atoms with Crippen LogP contribution in [0.1, 0.15) is 0 Å². The molecule has 5 nitrogen and oxygen atoms in total. The van der Waals surface area contributed by atoms with Gasteiger partial charge >= 0.3 is 7.12 Å². The van der Waals surface area contributed by atoms with Crippen molar-refractivity contribution >= 4 is 62.2 Å². The first-order chi connectivity index (χ1) is 19.3. The fourth-order valence-electron chi connectivity index (χ4n) is 6.93. The van der Waals surface area contributed by atoms with Gasteiger partial charge < -0.3 is 18.2 Å². The molecular weight excluding hydrogens is 479 g/mol. The van der Waals surface area contributed by atoms with Crippen molar-refractivity contribution in [3.8, 4) is 22.5 Å². The van der Waals surface area contributed by atoms with Crippen LogP contribution in [0.2, 0.25) is 0 Å². The van der Waals surface area contributed by atoms with Crippen molar-refractivity contribution in [1.82, 2.24) is 13.9 Å². The lowest BCUT2D eigenvalue weighted by molar-refractivity contribution is 0.669. The molecule has 2 aliphatic heterocycles. The molecule has 10 rings (SSSR count). The van der Waals surface area contributed by atoms with E-state index < -0.39 is 0 Å². The fraction of sp³-hybridized carbons (Fsp3) is 0. The summed E-state index contributed by atoms with van der Waals surface area (Å²) < 4.78 is 10.9. The number of benzene rings is 5. The Balaban J connectivity index is 1.21. The van der Waals surface area contributed by atoms with Crippen LogP contribution in [0.4, 0.5) is 11.4 Å². The molecule has 0 saturated carbocycles. The Morgan fingerprint density at radius 2 is 1.44 bits per heavy atom. The Morgan fingerprint density at radius 1 is 0.641 bits per heavy atom. The average molecular weight is 498 g/mol. The topological polar surface area (TPSA) is 39.1 Å². The van der Waals surface area contributed by atoms with Gasteiger partial charge in [0.2, 0.25) is 0 Å². The quantitative estimate of drug-likeness (QED) is 0.215. The Labute approximate surface area is 223 Å². The predicted molar refractivity (Wildman–Crippen MR) is 159 cm³/mol. The van der Waals surface area contributed by atoms with Gasteiger partial charge in [-0.2, -0.15) is 0 Å². The van der Waals surface area contributed by atoms with Crippen LogP contribution in [0, 0.1) is 0 Å². The summed E-state index contributed by atoms with van der Waals surface area (Å²) in [5.74, 6) is 0.988. The second kappa shape index (κ2) is 6.80. The van der Waals surface area contributed by atoms with Gasteiger partial charge in [-0.05, 0) is 53.6 Å². The maximum absolute atomic E-state index is 6.08. The molecule has 0 fully saturated rings. The highest BCUT2D eigenvalue weighted by molar-refractivity contribution is 6.68. The molecule has 3 aromatic heterocycles. The number of aromatic nitrogens is 3. The monoisotopic (exact) mass is 498 g/mol. The van der Waals surface area contributed by atoms with Crippen LogP contribution in [-0.2, 0) is 0 Å². The Hall–Kier alpha value is -5.23. The van der Waals surface area contributed by atoms with Crippen LogP contribution in [-0.4, -0.2) is 21.1 Å². The predicted octanol–water partition coefficient (Wildman–Crippen LogP) is 8.07. The fourth-order valence-corrected chi connectivity index (χ4v) is 6.93. The summed E-state index contributed by atoms with van der Waals surface area (Å²) in [6, 6.07) is 36.9. The molecular formula is C33H19BN4O. The molecule has 5 heterocycles. The second-order valence-electron chi connectivity index (χ2n) is 10.5. The van der Waals surface area contributed by atoms with E-state index in [4.69, 9.17) is 9.40 Å². The van der Waals surface area contributed by atoms with Crippen molar-refractivity contribution in [2.75, 3.05) is 4.81 Å². The molecule has 180 valence electrons. The van der Waals surface area contributed by atoms with Crippen molar-refractivity contribution in [2.24, 2.45) is 0 Å². The summed E-state index contributed by atoms with van der Waals surface area (Å²) >= 11 is 0. The highest BCUT2D eigenvalue weighted by atomic mass is 16.3. The lowest BCUT2D eigenvalue weighted by atomic mass is 9.83. The summed E-state index contributed by atoms with van der Waals surface area (Å²) in [5, 5.41) is 4.86. The van der Waals surface area contributed by atoms with Gasteiger partial charge in [0.15, 0.2) is 0 Å². The molecule has 39 heavy (non-hydrogen) atoms. The van der Waals surface area contributed by atoms with Crippen molar-refractivity contribution in [2.45, 2.75) is 0 Å². The summed E-state index contributed by atoms with van der Waals surface area (Å²) in [6.07, 6.45) is 4.03. The normalized spacial score (nSPS) is 13.5. The van der Waals surface area contributed by atoms with E-state index in [1.165, 1.54) is 33.2 Å². The first-order valence-electron chi connectivity index (χ1n) is 13.2. The van der Waals surface area contributed by atoms with Gasteiger partial charge in [0.05, 0.1) is 11.2 Å². The minimum Gasteiger partial charge on any atom is -0.456 e. The molecule has 0 radical (unpaired) electrons. The lowest BCUT2D eigenvalue weighted by Crippen LogP contribution is -2.47. The van der Waals surface area contributed by atoms with E-state index >= 15 is 0 Å². The molecule has 8 aromatic rings. The van der Waals surface area contributed by atoms with Gasteiger partial charge in [0.1, 0.15) is 17.0 Å². The maximum atomic E-state index is 6.08. The molecule has 0 spiro atoms. The molecule has 5 aromatic carbocycles. The first kappa shape index (κ1) is 19.8. The number of hydrogen-bond acceptors (Lipinski definition) is 3. The van der Waals surface area contributed by atoms with Crippen molar-refractivity contribution in [3.05, 3.63) is 116 Å². The lowest BCUT2D eigenvalue weighted by Gasteiger charge is -2.33. The Bertz CT molecular complexity index is 2320. The van der Waals surface area contributed by atoms with Crippen LogP contribution >= 0.6 is 0 Å². The molecule has 0 unspecified atom stereocenters. The number of anilines is 2. The van der Waals surface area contributed by atoms with Crippen molar-refractivity contribution in [1.29, 1.82) is 0 Å². The van der Waals surface area contributed by atoms with E-state index in [0.717, 1.165) is 44.5 Å². The van der Waals surface area contributed by atoms with Gasteiger partial charge in [0, 0.05) is 50.7 Å². The standard InChI is InChI=1S/C33H19BN4O/c1-3-9-27-22(6-1)24-8-5-10-29-32(24)38(27)34-36-17-16-35-33(36)26-19-20(12-14-28(26)37(29)34)21-13-15-31-25(18-21)23-7-2-4-11-30(23)39-31/h1-19H. The minimum atomic E-state index is -0.0331. The molecule has 0 N–H and O–H groups in total. The Morgan fingerprint density at radius 3 is 2.41 bits per heavy atom. The van der Waals surface area contributed by atoms with Gasteiger partial charge in [-0.3, -0.25) is 0 Å². The minimum absolute atomic E-state index is 0.0331. The largest absolute Gasteiger partial charge is 0.519 e. The van der Waals surface area contributed by atoms with E-state index in [2.05, 4.69) is 111 Å². The SMILES string of the molecule is c1ccc2c(c1)oc1ccc(-c3ccc4c(c3)-c3nccn3B3N4c4cccc5c6ccccc6n3c45)cc12. The van der Waals surface area contributed by atoms with Crippen LogP contribution in [0.25, 0.3) is 66.3 Å². The van der Waals surface area contributed by atoms with E-state index in [-0.39, 0.29) is 7.12 Å². The highest BCUT2D eigenvalue weighted by Crippen LogP contribution is 2.50. The summed E-state index contributed by atoms with van der Waals surface area (Å²) in [6.45, 7) is 0. The number of nitrogens with zero attached hydrogens (tertiary/aromatic N) is 4. The molecule has 0 saturated heterocycles. The van der Waals surface area contributed by atoms with E-state index in [1.807, 2.05) is 18.3 Å². The molecule has 0 aliphatic carbocycles. The number of fused-ring (bicyclic) bond motifs is 14. The van der Waals surface area contributed by atoms with Crippen LogP contribution in [0.5, 0.6) is 0 Å². The molecule has 0 amide bonds. The van der Waals surface area contributed by atoms with E-state index in [0.29, 0.717) is 0 Å². The molecule has 0 atom stereocenters. The van der Waals surface area contributed by atoms with Gasteiger partial charge in [-0.25, -0.2) is 4.98 Å². The molecule has 2 aliphatic rings. The van der Waals surface area contributed by atoms with Crippen LogP contribution in [0.3, 0.4) is 0 Å². The number of imidazole rings is 1. The average Bonchev–Trinajstić information content (AvgIpc) is 3.76. The summed E-state index contributed by atoms with van der Waals surface area (Å²) in [5.41, 5.74) is 10.2. The Kier molecular flexibility index (Phi) is 3.46. The van der Waals surface area contributed by atoms with E-state index in [1.54, 1.807) is 0 Å². The number of para-hydroxylation sites is 3. The third kappa shape index (κ3) is 2.36. The van der Waals surface area contributed by atoms with Gasteiger partial charge in [0.25, 0.3) is 0 Å². The number of rotatable bonds is 1. The van der Waals surface area contributed by atoms with Gasteiger partial charge in [-0.1, -0.05) is 60.7 Å². The zero-order chi connectivity index (χ0) is 25.2. The van der Waals surface area contributed by atoms with Crippen LogP contribution < -0.4 is 4.81 Å². The molecule has 6 heteroatoms. The van der Waals surface area contributed by atoms with Gasteiger partial charge in [-0.15, -0.1) is 0 Å². The van der Waals surface area contributed by atoms with Crippen molar-refractivity contribution < 1.29 is 4.42 Å². The summed E-state index contributed by atoms with van der Waals surface area (Å²) in [7, 11) is -0.0331. The van der Waals surface area contributed by atoms with E-state index in [9.17, 15) is 0 Å². The molecule has 0 bridgehead atoms. The summed E-state index contributed by atoms with van der Waals surface area (Å²) in [4.78, 5) is 7.34.